The zero-order valence-corrected chi connectivity index (χ0v) is 17.5. The molecule has 0 spiro atoms. The molecule has 0 atom stereocenters. The Labute approximate surface area is 189 Å². The summed E-state index contributed by atoms with van der Waals surface area (Å²) in [6, 6.07) is 8.84. The van der Waals surface area contributed by atoms with Gasteiger partial charge >= 0.3 is 24.4 Å². The molecule has 8 nitrogen and oxygen atoms in total. The molecule has 2 aromatic rings. The number of carboxylic acids is 1. The molecule has 186 valence electrons. The van der Waals surface area contributed by atoms with Gasteiger partial charge in [-0.1, -0.05) is 24.3 Å². The predicted octanol–water partition coefficient (Wildman–Crippen LogP) is 3.38. The zero-order chi connectivity index (χ0) is 25.1. The lowest BCUT2D eigenvalue weighted by Crippen LogP contribution is -2.52. The lowest BCUT2D eigenvalue weighted by atomic mass is 10.0. The summed E-state index contributed by atoms with van der Waals surface area (Å²) in [5, 5.41) is 13.1. The van der Waals surface area contributed by atoms with Gasteiger partial charge in [0.15, 0.2) is 0 Å². The summed E-state index contributed by atoms with van der Waals surface area (Å²) in [4.78, 5) is 25.5. The largest absolute Gasteiger partial charge is 0.480 e. The quantitative estimate of drug-likeness (QED) is 0.620. The first-order valence-corrected chi connectivity index (χ1v) is 9.99. The Morgan fingerprint density at radius 2 is 1.62 bits per heavy atom. The molecule has 3 rings (SSSR count). The smallest absolute Gasteiger partial charge is 0.434 e. The van der Waals surface area contributed by atoms with Gasteiger partial charge in [-0.3, -0.25) is 14.4 Å². The molecule has 1 aliphatic heterocycles. The van der Waals surface area contributed by atoms with E-state index in [0.29, 0.717) is 12.2 Å². The number of benzene rings is 1. The van der Waals surface area contributed by atoms with Gasteiger partial charge in [0.2, 0.25) is 0 Å². The van der Waals surface area contributed by atoms with E-state index in [1.165, 1.54) is 10.9 Å². The highest BCUT2D eigenvalue weighted by atomic mass is 19.4. The maximum atomic E-state index is 12.6. The van der Waals surface area contributed by atoms with Crippen molar-refractivity contribution < 1.29 is 45.8 Å². The normalized spacial score (nSPS) is 15.6. The maximum Gasteiger partial charge on any atom is 0.434 e. The van der Waals surface area contributed by atoms with Crippen molar-refractivity contribution in [3.05, 3.63) is 42.1 Å². The van der Waals surface area contributed by atoms with Crippen molar-refractivity contribution in [1.29, 1.82) is 0 Å². The van der Waals surface area contributed by atoms with Crippen molar-refractivity contribution in [2.45, 2.75) is 31.5 Å². The number of hydrogen-bond acceptors (Lipinski definition) is 5. The molecule has 1 amide bonds. The van der Waals surface area contributed by atoms with Crippen LogP contribution in [-0.2, 0) is 22.6 Å². The third kappa shape index (κ3) is 6.40. The Morgan fingerprint density at radius 3 is 2.21 bits per heavy atom. The number of halogens is 6. The van der Waals surface area contributed by atoms with Crippen molar-refractivity contribution in [2.75, 3.05) is 26.2 Å². The number of alkyl halides is 6. The lowest BCUT2D eigenvalue weighted by molar-refractivity contribution is -0.308. The number of carbonyl (C=O) groups excluding carboxylic acids is 1. The predicted molar refractivity (Wildman–Crippen MR) is 105 cm³/mol. The van der Waals surface area contributed by atoms with Crippen LogP contribution in [-0.4, -0.2) is 81.4 Å². The SMILES string of the molecule is O=C(O)Cn1ccc(-c2ccccc2CN2CCN(C(=O)OC(C(F)(F)F)C(F)(F)F)CC2)n1. The Hall–Kier alpha value is -3.29. The second kappa shape index (κ2) is 9.91. The Balaban J connectivity index is 1.61. The van der Waals surface area contributed by atoms with E-state index in [-0.39, 0.29) is 32.7 Å². The number of aliphatic carboxylic acids is 1. The fraction of sp³-hybridized carbons (Fsp3) is 0.450. The van der Waals surface area contributed by atoms with E-state index >= 15 is 0 Å². The van der Waals surface area contributed by atoms with E-state index in [1.807, 2.05) is 11.0 Å². The number of piperazine rings is 1. The number of amides is 1. The van der Waals surface area contributed by atoms with Crippen LogP contribution >= 0.6 is 0 Å². The van der Waals surface area contributed by atoms with Crippen LogP contribution in [0.2, 0.25) is 0 Å². The van der Waals surface area contributed by atoms with Crippen LogP contribution in [0.15, 0.2) is 36.5 Å². The highest BCUT2D eigenvalue weighted by Crippen LogP contribution is 2.36. The van der Waals surface area contributed by atoms with Crippen LogP contribution in [0.5, 0.6) is 0 Å². The number of carboxylic acid groups (broad SMARTS) is 1. The Kier molecular flexibility index (Phi) is 7.38. The molecule has 34 heavy (non-hydrogen) atoms. The number of ether oxygens (including phenoxy) is 1. The monoisotopic (exact) mass is 494 g/mol. The number of aromatic nitrogens is 2. The van der Waals surface area contributed by atoms with Crippen LogP contribution in [0.25, 0.3) is 11.3 Å². The molecule has 0 unspecified atom stereocenters. The van der Waals surface area contributed by atoms with Gasteiger partial charge in [-0.15, -0.1) is 0 Å². The van der Waals surface area contributed by atoms with Gasteiger partial charge in [0.1, 0.15) is 6.54 Å². The minimum absolute atomic E-state index is 0.114. The number of rotatable bonds is 6. The number of nitrogens with zero attached hydrogens (tertiary/aromatic N) is 4. The molecule has 1 saturated heterocycles. The molecule has 1 fully saturated rings. The van der Waals surface area contributed by atoms with Gasteiger partial charge in [0, 0.05) is 44.5 Å². The Morgan fingerprint density at radius 1 is 1.00 bits per heavy atom. The van der Waals surface area contributed by atoms with E-state index in [4.69, 9.17) is 5.11 Å². The molecular formula is C20H20F6N4O4. The number of hydrogen-bond donors (Lipinski definition) is 1. The average Bonchev–Trinajstić information content (AvgIpc) is 3.18. The highest BCUT2D eigenvalue weighted by Gasteiger charge is 2.60. The average molecular weight is 494 g/mol. The fourth-order valence-corrected chi connectivity index (χ4v) is 3.46. The van der Waals surface area contributed by atoms with Gasteiger partial charge in [-0.25, -0.2) is 4.79 Å². The molecule has 0 radical (unpaired) electrons. The van der Waals surface area contributed by atoms with Gasteiger partial charge in [0.05, 0.1) is 5.69 Å². The summed E-state index contributed by atoms with van der Waals surface area (Å²) in [6.45, 7) is 0.231. The van der Waals surface area contributed by atoms with E-state index in [1.54, 1.807) is 24.3 Å². The first-order valence-electron chi connectivity index (χ1n) is 9.99. The summed E-state index contributed by atoms with van der Waals surface area (Å²) in [5.41, 5.74) is 2.12. The zero-order valence-electron chi connectivity index (χ0n) is 17.5. The summed E-state index contributed by atoms with van der Waals surface area (Å²) in [7, 11) is 0. The summed E-state index contributed by atoms with van der Waals surface area (Å²) >= 11 is 0. The highest BCUT2D eigenvalue weighted by molar-refractivity contribution is 5.68. The second-order valence-corrected chi connectivity index (χ2v) is 7.56. The number of carbonyl (C=O) groups is 2. The molecule has 1 aromatic carbocycles. The molecule has 14 heteroatoms. The minimum atomic E-state index is -5.77. The molecule has 1 aromatic heterocycles. The van der Waals surface area contributed by atoms with Crippen LogP contribution in [0, 0.1) is 0 Å². The summed E-state index contributed by atoms with van der Waals surface area (Å²) in [5.74, 6) is -1.05. The molecule has 0 aliphatic carbocycles. The van der Waals surface area contributed by atoms with Gasteiger partial charge in [-0.2, -0.15) is 31.4 Å². The van der Waals surface area contributed by atoms with Crippen LogP contribution < -0.4 is 0 Å². The first-order chi connectivity index (χ1) is 15.8. The third-order valence-electron chi connectivity index (χ3n) is 5.07. The lowest BCUT2D eigenvalue weighted by Gasteiger charge is -2.35. The van der Waals surface area contributed by atoms with Crippen LogP contribution in [0.1, 0.15) is 5.56 Å². The fourth-order valence-electron chi connectivity index (χ4n) is 3.46. The van der Waals surface area contributed by atoms with Crippen molar-refractivity contribution in [3.8, 4) is 11.3 Å². The van der Waals surface area contributed by atoms with Crippen molar-refractivity contribution >= 4 is 12.1 Å². The van der Waals surface area contributed by atoms with Gasteiger partial charge in [-0.05, 0) is 11.6 Å². The van der Waals surface area contributed by atoms with Gasteiger partial charge < -0.3 is 14.7 Å². The standard InChI is InChI=1S/C20H20F6N4O4/c21-19(22,23)17(20(24,25)26)34-18(33)29-9-7-28(8-10-29)11-13-3-1-2-4-14(13)15-5-6-30(27-15)12-16(31)32/h1-6,17H,7-12H2,(H,31,32). The molecule has 0 bridgehead atoms. The molecular weight excluding hydrogens is 474 g/mol. The van der Waals surface area contributed by atoms with Crippen molar-refractivity contribution in [1.82, 2.24) is 19.6 Å². The minimum Gasteiger partial charge on any atom is -0.480 e. The molecule has 1 N–H and O–H groups in total. The summed E-state index contributed by atoms with van der Waals surface area (Å²) in [6.07, 6.45) is -15.9. The van der Waals surface area contributed by atoms with E-state index < -0.39 is 30.5 Å². The molecule has 0 saturated carbocycles. The van der Waals surface area contributed by atoms with E-state index in [9.17, 15) is 35.9 Å². The van der Waals surface area contributed by atoms with Crippen LogP contribution in [0.4, 0.5) is 31.1 Å². The van der Waals surface area contributed by atoms with Gasteiger partial charge in [0.25, 0.3) is 6.10 Å². The van der Waals surface area contributed by atoms with E-state index in [0.717, 1.165) is 16.0 Å². The topological polar surface area (TPSA) is 87.9 Å². The van der Waals surface area contributed by atoms with Crippen molar-refractivity contribution in [2.24, 2.45) is 0 Å². The summed E-state index contributed by atoms with van der Waals surface area (Å²) < 4.78 is 80.8. The maximum absolute atomic E-state index is 12.6. The van der Waals surface area contributed by atoms with E-state index in [2.05, 4.69) is 9.84 Å². The first kappa shape index (κ1) is 25.3. The van der Waals surface area contributed by atoms with Crippen LogP contribution in [0.3, 0.4) is 0 Å². The third-order valence-corrected chi connectivity index (χ3v) is 5.07. The molecule has 2 heterocycles. The Bertz CT molecular complexity index is 1000. The second-order valence-electron chi connectivity index (χ2n) is 7.56. The molecule has 1 aliphatic rings. The van der Waals surface area contributed by atoms with Crippen molar-refractivity contribution in [3.63, 3.8) is 0 Å².